The fourth-order valence-electron chi connectivity index (χ4n) is 3.23. The molecule has 1 saturated heterocycles. The van der Waals surface area contributed by atoms with E-state index in [-0.39, 0.29) is 28.7 Å². The molecule has 2 aromatic rings. The average molecular weight is 410 g/mol. The minimum Gasteiger partial charge on any atom is -0.338 e. The number of hydrogen-bond acceptors (Lipinski definition) is 7. The van der Waals surface area contributed by atoms with Gasteiger partial charge in [-0.1, -0.05) is 11.8 Å². The van der Waals surface area contributed by atoms with Crippen molar-refractivity contribution in [2.24, 2.45) is 7.05 Å². The molecule has 1 fully saturated rings. The highest BCUT2D eigenvalue weighted by atomic mass is 32.2. The second kappa shape index (κ2) is 7.97. The molecule has 0 N–H and O–H groups in total. The van der Waals surface area contributed by atoms with Gasteiger partial charge in [-0.2, -0.15) is 0 Å². The average Bonchev–Trinajstić information content (AvgIpc) is 3.19. The van der Waals surface area contributed by atoms with E-state index in [1.807, 2.05) is 37.6 Å². The molecule has 0 bridgehead atoms. The Bertz CT molecular complexity index is 914. The Hall–Kier alpha value is -1.94. The second-order valence-electron chi connectivity index (χ2n) is 6.54. The van der Waals surface area contributed by atoms with Crippen molar-refractivity contribution in [1.29, 1.82) is 0 Å². The maximum Gasteiger partial charge on any atom is 0.236 e. The number of pyridine rings is 1. The van der Waals surface area contributed by atoms with Gasteiger partial charge < -0.3 is 9.47 Å². The highest BCUT2D eigenvalue weighted by molar-refractivity contribution is 8.00. The topological polar surface area (TPSA) is 98.1 Å². The standard InChI is InChI=1S/C17H23N5O3S2/c1-4-22(14-7-10-27(24,25)11-14)16(23)12(2)26-17-20-19-15(21(17)3)13-5-8-18-9-6-13/h5-6,8-9,12,14H,4,7,10-11H2,1-3H3/t12-,14-/m0/s1. The molecule has 2 atom stereocenters. The summed E-state index contributed by atoms with van der Waals surface area (Å²) >= 11 is 1.33. The van der Waals surface area contributed by atoms with Crippen molar-refractivity contribution in [1.82, 2.24) is 24.6 Å². The Morgan fingerprint density at radius 1 is 1.37 bits per heavy atom. The van der Waals surface area contributed by atoms with Crippen LogP contribution < -0.4 is 0 Å². The lowest BCUT2D eigenvalue weighted by Gasteiger charge is -2.29. The number of rotatable bonds is 6. The molecule has 0 aromatic carbocycles. The third-order valence-electron chi connectivity index (χ3n) is 4.68. The molecule has 0 saturated carbocycles. The van der Waals surface area contributed by atoms with Crippen LogP contribution in [0, 0.1) is 0 Å². The summed E-state index contributed by atoms with van der Waals surface area (Å²) in [6, 6.07) is 3.47. The number of carbonyl (C=O) groups excluding carboxylic acids is 1. The fourth-order valence-corrected chi connectivity index (χ4v) is 5.84. The Morgan fingerprint density at radius 2 is 2.07 bits per heavy atom. The molecule has 0 unspecified atom stereocenters. The lowest BCUT2D eigenvalue weighted by atomic mass is 10.2. The van der Waals surface area contributed by atoms with E-state index in [1.165, 1.54) is 11.8 Å². The third-order valence-corrected chi connectivity index (χ3v) is 7.55. The van der Waals surface area contributed by atoms with Crippen molar-refractivity contribution in [3.63, 3.8) is 0 Å². The number of sulfone groups is 1. The van der Waals surface area contributed by atoms with Gasteiger partial charge in [0.15, 0.2) is 20.8 Å². The first-order chi connectivity index (χ1) is 12.8. The molecule has 0 spiro atoms. The molecule has 1 aliphatic rings. The molecule has 10 heteroatoms. The summed E-state index contributed by atoms with van der Waals surface area (Å²) in [5.74, 6) is 0.841. The minimum absolute atomic E-state index is 0.0557. The van der Waals surface area contributed by atoms with Crippen LogP contribution in [0.5, 0.6) is 0 Å². The van der Waals surface area contributed by atoms with Crippen molar-refractivity contribution in [2.75, 3.05) is 18.1 Å². The number of carbonyl (C=O) groups is 1. The number of nitrogens with zero attached hydrogens (tertiary/aromatic N) is 5. The molecule has 0 aliphatic carbocycles. The molecule has 2 aromatic heterocycles. The van der Waals surface area contributed by atoms with Crippen LogP contribution in [-0.2, 0) is 21.7 Å². The van der Waals surface area contributed by atoms with E-state index >= 15 is 0 Å². The van der Waals surface area contributed by atoms with Gasteiger partial charge in [0.05, 0.1) is 16.8 Å². The van der Waals surface area contributed by atoms with Crippen LogP contribution in [0.15, 0.2) is 29.7 Å². The van der Waals surface area contributed by atoms with Crippen LogP contribution in [0.2, 0.25) is 0 Å². The second-order valence-corrected chi connectivity index (χ2v) is 10.1. The summed E-state index contributed by atoms with van der Waals surface area (Å²) in [5.41, 5.74) is 0.900. The number of aromatic nitrogens is 4. The van der Waals surface area contributed by atoms with Gasteiger partial charge in [0, 0.05) is 37.6 Å². The highest BCUT2D eigenvalue weighted by Crippen LogP contribution is 2.28. The van der Waals surface area contributed by atoms with Gasteiger partial charge in [0.2, 0.25) is 5.91 Å². The molecule has 1 aliphatic heterocycles. The highest BCUT2D eigenvalue weighted by Gasteiger charge is 2.35. The zero-order valence-electron chi connectivity index (χ0n) is 15.6. The van der Waals surface area contributed by atoms with Crippen molar-refractivity contribution in [3.8, 4) is 11.4 Å². The zero-order valence-corrected chi connectivity index (χ0v) is 17.2. The van der Waals surface area contributed by atoms with Crippen LogP contribution in [-0.4, -0.2) is 68.3 Å². The van der Waals surface area contributed by atoms with Gasteiger partial charge in [-0.3, -0.25) is 9.78 Å². The Balaban J connectivity index is 1.72. The first-order valence-corrected chi connectivity index (χ1v) is 11.5. The predicted molar refractivity (Wildman–Crippen MR) is 104 cm³/mol. The first-order valence-electron chi connectivity index (χ1n) is 8.79. The van der Waals surface area contributed by atoms with Crippen molar-refractivity contribution < 1.29 is 13.2 Å². The van der Waals surface area contributed by atoms with Crippen LogP contribution >= 0.6 is 11.8 Å². The lowest BCUT2D eigenvalue weighted by Crippen LogP contribution is -2.44. The normalized spacial score (nSPS) is 19.7. The predicted octanol–water partition coefficient (Wildman–Crippen LogP) is 1.39. The molecule has 146 valence electrons. The molecular weight excluding hydrogens is 386 g/mol. The zero-order chi connectivity index (χ0) is 19.6. The van der Waals surface area contributed by atoms with E-state index < -0.39 is 9.84 Å². The summed E-state index contributed by atoms with van der Waals surface area (Å²) in [5, 5.41) is 8.68. The summed E-state index contributed by atoms with van der Waals surface area (Å²) in [7, 11) is -1.18. The minimum atomic E-state index is -3.03. The summed E-state index contributed by atoms with van der Waals surface area (Å²) in [6.07, 6.45) is 3.89. The molecule has 8 nitrogen and oxygen atoms in total. The van der Waals surface area contributed by atoms with E-state index in [0.717, 1.165) is 5.56 Å². The van der Waals surface area contributed by atoms with Crippen molar-refractivity contribution >= 4 is 27.5 Å². The fraction of sp³-hybridized carbons (Fsp3) is 0.529. The van der Waals surface area contributed by atoms with E-state index in [0.29, 0.717) is 23.9 Å². The van der Waals surface area contributed by atoms with Gasteiger partial charge in [0.25, 0.3) is 0 Å². The van der Waals surface area contributed by atoms with E-state index in [9.17, 15) is 13.2 Å². The molecular formula is C17H23N5O3S2. The van der Waals surface area contributed by atoms with E-state index in [4.69, 9.17) is 0 Å². The van der Waals surface area contributed by atoms with Gasteiger partial charge in [-0.05, 0) is 32.4 Å². The van der Waals surface area contributed by atoms with Crippen LogP contribution in [0.4, 0.5) is 0 Å². The third kappa shape index (κ3) is 4.32. The van der Waals surface area contributed by atoms with E-state index in [1.54, 1.807) is 17.3 Å². The molecule has 3 rings (SSSR count). The van der Waals surface area contributed by atoms with Gasteiger partial charge in [0.1, 0.15) is 0 Å². The van der Waals surface area contributed by atoms with Gasteiger partial charge in [-0.15, -0.1) is 10.2 Å². The first kappa shape index (κ1) is 19.8. The Morgan fingerprint density at radius 3 is 2.67 bits per heavy atom. The maximum absolute atomic E-state index is 12.9. The summed E-state index contributed by atoms with van der Waals surface area (Å²) < 4.78 is 25.4. The van der Waals surface area contributed by atoms with Crippen LogP contribution in [0.25, 0.3) is 11.4 Å². The molecule has 27 heavy (non-hydrogen) atoms. The number of amides is 1. The SMILES string of the molecule is CCN(C(=O)[C@H](C)Sc1nnc(-c2ccncc2)n1C)[C@H]1CCS(=O)(=O)C1. The smallest absolute Gasteiger partial charge is 0.236 e. The quantitative estimate of drug-likeness (QED) is 0.665. The number of hydrogen-bond donors (Lipinski definition) is 0. The van der Waals surface area contributed by atoms with Crippen molar-refractivity contribution in [3.05, 3.63) is 24.5 Å². The summed E-state index contributed by atoms with van der Waals surface area (Å²) in [4.78, 5) is 18.6. The largest absolute Gasteiger partial charge is 0.338 e. The molecule has 1 amide bonds. The summed E-state index contributed by atoms with van der Waals surface area (Å²) in [6.45, 7) is 4.19. The van der Waals surface area contributed by atoms with E-state index in [2.05, 4.69) is 15.2 Å². The maximum atomic E-state index is 12.9. The number of thioether (sulfide) groups is 1. The van der Waals surface area contributed by atoms with Crippen molar-refractivity contribution in [2.45, 2.75) is 36.7 Å². The van der Waals surface area contributed by atoms with Gasteiger partial charge in [-0.25, -0.2) is 8.42 Å². The molecule has 0 radical (unpaired) electrons. The Kier molecular flexibility index (Phi) is 5.85. The Labute approximate surface area is 163 Å². The van der Waals surface area contributed by atoms with Crippen LogP contribution in [0.1, 0.15) is 20.3 Å². The molecule has 3 heterocycles. The monoisotopic (exact) mass is 409 g/mol. The van der Waals surface area contributed by atoms with Gasteiger partial charge >= 0.3 is 0 Å². The van der Waals surface area contributed by atoms with Crippen LogP contribution in [0.3, 0.4) is 0 Å². The lowest BCUT2D eigenvalue weighted by molar-refractivity contribution is -0.131.